The van der Waals surface area contributed by atoms with Crippen LogP contribution in [0.25, 0.3) is 11.0 Å². The quantitative estimate of drug-likeness (QED) is 0.532. The number of amides is 1. The first-order valence-electron chi connectivity index (χ1n) is 8.59. The largest absolute Gasteiger partial charge is 0.370 e. The highest BCUT2D eigenvalue weighted by atomic mass is 16.5. The third kappa shape index (κ3) is 4.47. The number of benzene rings is 1. The van der Waals surface area contributed by atoms with Gasteiger partial charge in [-0.3, -0.25) is 4.79 Å². The van der Waals surface area contributed by atoms with Gasteiger partial charge < -0.3 is 20.5 Å². The molecule has 1 amide bonds. The molecule has 0 aliphatic carbocycles. The summed E-state index contributed by atoms with van der Waals surface area (Å²) in [5.74, 6) is 2.10. The summed E-state index contributed by atoms with van der Waals surface area (Å²) in [6, 6.07) is 9.35. The molecule has 8 heteroatoms. The number of nitrogens with zero attached hydrogens (tertiary/aromatic N) is 3. The molecule has 26 heavy (non-hydrogen) atoms. The topological polar surface area (TPSA) is 105 Å². The monoisotopic (exact) mass is 354 g/mol. The number of carbonyl (C=O) groups excluding carboxylic acids is 1. The van der Waals surface area contributed by atoms with Gasteiger partial charge in [0.05, 0.1) is 6.42 Å². The summed E-state index contributed by atoms with van der Waals surface area (Å²) in [5, 5.41) is 14.1. The van der Waals surface area contributed by atoms with Crippen LogP contribution in [0.3, 0.4) is 0 Å². The normalized spacial score (nSPS) is 10.7. The zero-order valence-corrected chi connectivity index (χ0v) is 14.9. The molecule has 2 heterocycles. The van der Waals surface area contributed by atoms with Crippen molar-refractivity contribution in [1.29, 1.82) is 0 Å². The van der Waals surface area contributed by atoms with E-state index >= 15 is 0 Å². The Kier molecular flexibility index (Phi) is 5.62. The van der Waals surface area contributed by atoms with E-state index in [9.17, 15) is 4.79 Å². The molecular weight excluding hydrogens is 332 g/mol. The molecule has 0 atom stereocenters. The van der Waals surface area contributed by atoms with Crippen molar-refractivity contribution in [1.82, 2.24) is 20.4 Å². The summed E-state index contributed by atoms with van der Waals surface area (Å²) in [6.07, 6.45) is 0.189. The Morgan fingerprint density at radius 1 is 1.12 bits per heavy atom. The van der Waals surface area contributed by atoms with Crippen molar-refractivity contribution >= 4 is 28.5 Å². The Morgan fingerprint density at radius 2 is 1.88 bits per heavy atom. The number of rotatable bonds is 8. The molecule has 0 radical (unpaired) electrons. The second-order valence-electron chi connectivity index (χ2n) is 5.79. The number of para-hydroxylation sites is 1. The first-order chi connectivity index (χ1) is 12.7. The Bertz CT molecular complexity index is 892. The van der Waals surface area contributed by atoms with Crippen molar-refractivity contribution in [2.45, 2.75) is 20.3 Å². The van der Waals surface area contributed by atoms with Crippen LogP contribution < -0.4 is 16.0 Å². The van der Waals surface area contributed by atoms with Crippen LogP contribution in [0.15, 0.2) is 34.9 Å². The van der Waals surface area contributed by atoms with Crippen molar-refractivity contribution in [3.63, 3.8) is 0 Å². The molecule has 0 spiro atoms. The summed E-state index contributed by atoms with van der Waals surface area (Å²) in [4.78, 5) is 20.7. The number of hydrogen-bond acceptors (Lipinski definition) is 7. The molecule has 3 N–H and O–H groups in total. The van der Waals surface area contributed by atoms with Crippen LogP contribution in [0.4, 0.5) is 11.6 Å². The molecular formula is C18H22N6O2. The van der Waals surface area contributed by atoms with Crippen molar-refractivity contribution < 1.29 is 9.32 Å². The molecule has 136 valence electrons. The van der Waals surface area contributed by atoms with Gasteiger partial charge in [0.25, 0.3) is 0 Å². The van der Waals surface area contributed by atoms with Crippen molar-refractivity contribution in [3.05, 3.63) is 41.9 Å². The minimum Gasteiger partial charge on any atom is -0.370 e. The van der Waals surface area contributed by atoms with E-state index in [0.29, 0.717) is 30.2 Å². The fraction of sp³-hybridized carbons (Fsp3) is 0.333. The van der Waals surface area contributed by atoms with E-state index in [-0.39, 0.29) is 12.3 Å². The average Bonchev–Trinajstić information content (AvgIpc) is 3.02. The van der Waals surface area contributed by atoms with Crippen LogP contribution in [0.1, 0.15) is 18.4 Å². The van der Waals surface area contributed by atoms with Gasteiger partial charge in [0, 0.05) is 31.1 Å². The highest BCUT2D eigenvalue weighted by Crippen LogP contribution is 2.17. The lowest BCUT2D eigenvalue weighted by Gasteiger charge is -2.09. The van der Waals surface area contributed by atoms with Gasteiger partial charge >= 0.3 is 0 Å². The van der Waals surface area contributed by atoms with Gasteiger partial charge in [-0.15, -0.1) is 0 Å². The Morgan fingerprint density at radius 3 is 2.69 bits per heavy atom. The zero-order valence-electron chi connectivity index (χ0n) is 14.9. The van der Waals surface area contributed by atoms with Crippen LogP contribution in [0, 0.1) is 6.92 Å². The fourth-order valence-electron chi connectivity index (χ4n) is 2.60. The lowest BCUT2D eigenvalue weighted by Crippen LogP contribution is -2.30. The van der Waals surface area contributed by atoms with E-state index in [2.05, 4.69) is 31.1 Å². The van der Waals surface area contributed by atoms with E-state index in [4.69, 9.17) is 4.52 Å². The van der Waals surface area contributed by atoms with Gasteiger partial charge in [-0.1, -0.05) is 17.3 Å². The first-order valence-corrected chi connectivity index (χ1v) is 8.59. The standard InChI is InChI=1S/C18H22N6O2/c1-3-19-16-11-17(23-12(2)22-16)20-8-9-21-18(25)10-14-13-6-4-5-7-15(13)26-24-14/h4-7,11H,3,8-10H2,1-2H3,(H,21,25)(H2,19,20,22,23). The Labute approximate surface area is 151 Å². The number of aromatic nitrogens is 3. The third-order valence-electron chi connectivity index (χ3n) is 3.73. The number of carbonyl (C=O) groups is 1. The molecule has 0 saturated carbocycles. The second-order valence-corrected chi connectivity index (χ2v) is 5.79. The number of nitrogens with one attached hydrogen (secondary N) is 3. The molecule has 0 aliphatic heterocycles. The molecule has 0 unspecified atom stereocenters. The molecule has 0 aliphatic rings. The van der Waals surface area contributed by atoms with Gasteiger partial charge in [-0.25, -0.2) is 9.97 Å². The van der Waals surface area contributed by atoms with Crippen molar-refractivity contribution in [2.75, 3.05) is 30.3 Å². The van der Waals surface area contributed by atoms with E-state index in [1.54, 1.807) is 0 Å². The average molecular weight is 354 g/mol. The maximum atomic E-state index is 12.1. The fourth-order valence-corrected chi connectivity index (χ4v) is 2.60. The number of aryl methyl sites for hydroxylation is 1. The van der Waals surface area contributed by atoms with Crippen molar-refractivity contribution in [2.24, 2.45) is 0 Å². The Balaban J connectivity index is 1.47. The van der Waals surface area contributed by atoms with Crippen LogP contribution >= 0.6 is 0 Å². The summed E-state index contributed by atoms with van der Waals surface area (Å²) in [6.45, 7) is 5.69. The molecule has 2 aromatic heterocycles. The molecule has 3 rings (SSSR count). The highest BCUT2D eigenvalue weighted by Gasteiger charge is 2.11. The first kappa shape index (κ1) is 17.7. The predicted octanol–water partition coefficient (Wildman–Crippen LogP) is 2.13. The molecule has 1 aromatic carbocycles. The minimum absolute atomic E-state index is 0.0990. The SMILES string of the molecule is CCNc1cc(NCCNC(=O)Cc2noc3ccccc23)nc(C)n1. The summed E-state index contributed by atoms with van der Waals surface area (Å²) in [5.41, 5.74) is 1.33. The summed E-state index contributed by atoms with van der Waals surface area (Å²) >= 11 is 0. The van der Waals surface area contributed by atoms with E-state index < -0.39 is 0 Å². The molecule has 8 nitrogen and oxygen atoms in total. The lowest BCUT2D eigenvalue weighted by molar-refractivity contribution is -0.120. The minimum atomic E-state index is -0.0990. The number of anilines is 2. The summed E-state index contributed by atoms with van der Waals surface area (Å²) < 4.78 is 5.21. The maximum absolute atomic E-state index is 12.1. The van der Waals surface area contributed by atoms with Gasteiger partial charge in [-0.05, 0) is 26.0 Å². The maximum Gasteiger partial charge on any atom is 0.226 e. The van der Waals surface area contributed by atoms with Crippen LogP contribution in [0.5, 0.6) is 0 Å². The van der Waals surface area contributed by atoms with Gasteiger partial charge in [0.15, 0.2) is 5.58 Å². The number of fused-ring (bicyclic) bond motifs is 1. The molecule has 0 saturated heterocycles. The Hall–Kier alpha value is -3.16. The second kappa shape index (κ2) is 8.28. The molecule has 0 bridgehead atoms. The zero-order chi connectivity index (χ0) is 18.4. The van der Waals surface area contributed by atoms with Gasteiger partial charge in [0.1, 0.15) is 23.2 Å². The van der Waals surface area contributed by atoms with Gasteiger partial charge in [-0.2, -0.15) is 0 Å². The highest BCUT2D eigenvalue weighted by molar-refractivity contribution is 5.86. The van der Waals surface area contributed by atoms with Crippen LogP contribution in [-0.2, 0) is 11.2 Å². The molecule has 3 aromatic rings. The number of hydrogen-bond donors (Lipinski definition) is 3. The van der Waals surface area contributed by atoms with E-state index in [0.717, 1.165) is 23.6 Å². The van der Waals surface area contributed by atoms with E-state index in [1.807, 2.05) is 44.2 Å². The van der Waals surface area contributed by atoms with Gasteiger partial charge in [0.2, 0.25) is 5.91 Å². The van der Waals surface area contributed by atoms with Crippen LogP contribution in [0.2, 0.25) is 0 Å². The predicted molar refractivity (Wildman–Crippen MR) is 100 cm³/mol. The molecule has 0 fully saturated rings. The lowest BCUT2D eigenvalue weighted by atomic mass is 10.1. The van der Waals surface area contributed by atoms with Crippen molar-refractivity contribution in [3.8, 4) is 0 Å². The third-order valence-corrected chi connectivity index (χ3v) is 3.73. The smallest absolute Gasteiger partial charge is 0.226 e. The van der Waals surface area contributed by atoms with Crippen LogP contribution in [-0.4, -0.2) is 40.7 Å². The van der Waals surface area contributed by atoms with E-state index in [1.165, 1.54) is 0 Å². The summed E-state index contributed by atoms with van der Waals surface area (Å²) in [7, 11) is 0.